The fourth-order valence-corrected chi connectivity index (χ4v) is 3.81. The van der Waals surface area contributed by atoms with Crippen molar-refractivity contribution in [3.63, 3.8) is 0 Å². The van der Waals surface area contributed by atoms with E-state index in [9.17, 15) is 4.79 Å². The molecule has 158 valence electrons. The summed E-state index contributed by atoms with van der Waals surface area (Å²) in [5.41, 5.74) is 5.20. The number of hydrogen-bond acceptors (Lipinski definition) is 3. The lowest BCUT2D eigenvalue weighted by Gasteiger charge is -2.19. The highest BCUT2D eigenvalue weighted by Crippen LogP contribution is 2.25. The Morgan fingerprint density at radius 3 is 2.52 bits per heavy atom. The van der Waals surface area contributed by atoms with Gasteiger partial charge in [-0.2, -0.15) is 0 Å². The fourth-order valence-electron chi connectivity index (χ4n) is 3.81. The number of imidazole rings is 1. The molecule has 4 rings (SSSR count). The van der Waals surface area contributed by atoms with Crippen molar-refractivity contribution in [3.8, 4) is 5.75 Å². The molecule has 5 heteroatoms. The number of carbonyl (C=O) groups is 1. The number of rotatable bonds is 7. The van der Waals surface area contributed by atoms with E-state index in [1.807, 2.05) is 85.3 Å². The number of aromatic nitrogens is 2. The van der Waals surface area contributed by atoms with Gasteiger partial charge in [0.25, 0.3) is 0 Å². The van der Waals surface area contributed by atoms with Gasteiger partial charge in [0, 0.05) is 7.05 Å². The maximum atomic E-state index is 12.8. The van der Waals surface area contributed by atoms with Gasteiger partial charge in [-0.05, 0) is 43.2 Å². The van der Waals surface area contributed by atoms with Gasteiger partial charge in [-0.15, -0.1) is 0 Å². The third kappa shape index (κ3) is 4.61. The van der Waals surface area contributed by atoms with E-state index in [4.69, 9.17) is 9.72 Å². The molecular weight excluding hydrogens is 386 g/mol. The monoisotopic (exact) mass is 413 g/mol. The highest BCUT2D eigenvalue weighted by molar-refractivity contribution is 5.78. The second-order valence-corrected chi connectivity index (χ2v) is 7.80. The molecule has 1 atom stereocenters. The molecule has 3 aromatic carbocycles. The largest absolute Gasteiger partial charge is 0.493 e. The summed E-state index contributed by atoms with van der Waals surface area (Å²) < 4.78 is 7.89. The number of para-hydroxylation sites is 2. The molecule has 0 fully saturated rings. The molecule has 1 amide bonds. The van der Waals surface area contributed by atoms with Crippen LogP contribution in [0.15, 0.2) is 72.8 Å². The molecule has 0 saturated heterocycles. The van der Waals surface area contributed by atoms with Crippen molar-refractivity contribution >= 4 is 16.9 Å². The zero-order valence-corrected chi connectivity index (χ0v) is 18.1. The highest BCUT2D eigenvalue weighted by atomic mass is 16.5. The molecule has 0 aliphatic rings. The summed E-state index contributed by atoms with van der Waals surface area (Å²) in [5.74, 6) is 1.54. The predicted molar refractivity (Wildman–Crippen MR) is 123 cm³/mol. The second kappa shape index (κ2) is 9.04. The summed E-state index contributed by atoms with van der Waals surface area (Å²) in [6.45, 7) is 4.38. The molecule has 0 aliphatic heterocycles. The summed E-state index contributed by atoms with van der Waals surface area (Å²) in [6, 6.07) is 23.6. The van der Waals surface area contributed by atoms with E-state index in [0.29, 0.717) is 6.61 Å². The third-order valence-electron chi connectivity index (χ3n) is 5.44. The van der Waals surface area contributed by atoms with Crippen LogP contribution < -0.4 is 10.1 Å². The molecule has 1 N–H and O–H groups in total. The molecule has 0 radical (unpaired) electrons. The van der Waals surface area contributed by atoms with Crippen LogP contribution in [-0.2, 0) is 11.8 Å². The standard InChI is InChI=1S/C26H27N3O2/c1-18-13-14-23(19(2)17-18)31-16-15-24(30)28-25(20-9-5-4-6-10-20)26-27-21-11-7-8-12-22(21)29(26)3/h4-14,17,25H,15-16H2,1-3H3,(H,28,30). The Morgan fingerprint density at radius 1 is 1.03 bits per heavy atom. The molecule has 0 saturated carbocycles. The summed E-state index contributed by atoms with van der Waals surface area (Å²) in [4.78, 5) is 17.6. The van der Waals surface area contributed by atoms with Crippen LogP contribution in [0.4, 0.5) is 0 Å². The first-order valence-electron chi connectivity index (χ1n) is 10.5. The zero-order chi connectivity index (χ0) is 21.8. The highest BCUT2D eigenvalue weighted by Gasteiger charge is 2.22. The van der Waals surface area contributed by atoms with E-state index in [0.717, 1.165) is 33.7 Å². The van der Waals surface area contributed by atoms with Gasteiger partial charge in [0.05, 0.1) is 24.1 Å². The van der Waals surface area contributed by atoms with Gasteiger partial charge in [0.2, 0.25) is 5.91 Å². The minimum absolute atomic E-state index is 0.0781. The normalized spacial score (nSPS) is 12.0. The van der Waals surface area contributed by atoms with Crippen molar-refractivity contribution in [3.05, 3.63) is 95.3 Å². The van der Waals surface area contributed by atoms with Gasteiger partial charge in [0.1, 0.15) is 17.6 Å². The number of hydrogen-bond donors (Lipinski definition) is 1. The number of fused-ring (bicyclic) bond motifs is 1. The lowest BCUT2D eigenvalue weighted by Crippen LogP contribution is -2.32. The molecule has 1 aromatic heterocycles. The van der Waals surface area contributed by atoms with Crippen molar-refractivity contribution in [2.24, 2.45) is 7.05 Å². The molecule has 0 aliphatic carbocycles. The molecule has 1 unspecified atom stereocenters. The first kappa shape index (κ1) is 20.7. The Bertz CT molecular complexity index is 1200. The lowest BCUT2D eigenvalue weighted by atomic mass is 10.1. The first-order valence-corrected chi connectivity index (χ1v) is 10.5. The molecule has 31 heavy (non-hydrogen) atoms. The summed E-state index contributed by atoms with van der Waals surface area (Å²) in [5, 5.41) is 3.16. The van der Waals surface area contributed by atoms with Crippen LogP contribution >= 0.6 is 0 Å². The number of aryl methyl sites for hydroxylation is 3. The Labute approximate surface area is 182 Å². The van der Waals surface area contributed by atoms with E-state index in [1.165, 1.54) is 5.56 Å². The minimum Gasteiger partial charge on any atom is -0.493 e. The molecule has 0 bridgehead atoms. The van der Waals surface area contributed by atoms with E-state index >= 15 is 0 Å². The van der Waals surface area contributed by atoms with E-state index in [1.54, 1.807) is 0 Å². The van der Waals surface area contributed by atoms with Crippen molar-refractivity contribution in [1.82, 2.24) is 14.9 Å². The van der Waals surface area contributed by atoms with Gasteiger partial charge in [-0.25, -0.2) is 4.98 Å². The quantitative estimate of drug-likeness (QED) is 0.470. The van der Waals surface area contributed by atoms with Crippen LogP contribution in [0, 0.1) is 13.8 Å². The van der Waals surface area contributed by atoms with Crippen LogP contribution in [0.2, 0.25) is 0 Å². The van der Waals surface area contributed by atoms with Crippen molar-refractivity contribution < 1.29 is 9.53 Å². The van der Waals surface area contributed by atoms with Crippen LogP contribution in [0.3, 0.4) is 0 Å². The molecule has 1 heterocycles. The number of amides is 1. The molecule has 4 aromatic rings. The third-order valence-corrected chi connectivity index (χ3v) is 5.44. The number of benzene rings is 3. The Morgan fingerprint density at radius 2 is 1.77 bits per heavy atom. The Balaban J connectivity index is 1.51. The molecule has 0 spiro atoms. The average molecular weight is 414 g/mol. The summed E-state index contributed by atoms with van der Waals surface area (Å²) >= 11 is 0. The predicted octanol–water partition coefficient (Wildman–Crippen LogP) is 4.86. The van der Waals surface area contributed by atoms with Crippen LogP contribution in [0.5, 0.6) is 5.75 Å². The van der Waals surface area contributed by atoms with Crippen molar-refractivity contribution in [2.45, 2.75) is 26.3 Å². The zero-order valence-electron chi connectivity index (χ0n) is 18.1. The Hall–Kier alpha value is -3.60. The van der Waals surface area contributed by atoms with Crippen LogP contribution in [0.1, 0.15) is 35.0 Å². The fraction of sp³-hybridized carbons (Fsp3) is 0.231. The van der Waals surface area contributed by atoms with Crippen molar-refractivity contribution in [1.29, 1.82) is 0 Å². The van der Waals surface area contributed by atoms with Gasteiger partial charge in [-0.3, -0.25) is 4.79 Å². The maximum absolute atomic E-state index is 12.8. The van der Waals surface area contributed by atoms with Crippen LogP contribution in [-0.4, -0.2) is 22.1 Å². The van der Waals surface area contributed by atoms with Gasteiger partial charge >= 0.3 is 0 Å². The lowest BCUT2D eigenvalue weighted by molar-refractivity contribution is -0.122. The second-order valence-electron chi connectivity index (χ2n) is 7.80. The number of nitrogens with one attached hydrogen (secondary N) is 1. The maximum Gasteiger partial charge on any atom is 0.224 e. The van der Waals surface area contributed by atoms with E-state index in [-0.39, 0.29) is 18.4 Å². The first-order chi connectivity index (χ1) is 15.0. The van der Waals surface area contributed by atoms with Gasteiger partial charge in [-0.1, -0.05) is 60.2 Å². The molecule has 5 nitrogen and oxygen atoms in total. The minimum atomic E-state index is -0.341. The summed E-state index contributed by atoms with van der Waals surface area (Å²) in [6.07, 6.45) is 0.264. The van der Waals surface area contributed by atoms with Gasteiger partial charge in [0.15, 0.2) is 0 Å². The van der Waals surface area contributed by atoms with Crippen molar-refractivity contribution in [2.75, 3.05) is 6.61 Å². The average Bonchev–Trinajstić information content (AvgIpc) is 3.11. The smallest absolute Gasteiger partial charge is 0.224 e. The molecular formula is C26H27N3O2. The topological polar surface area (TPSA) is 56.1 Å². The van der Waals surface area contributed by atoms with E-state index in [2.05, 4.69) is 18.3 Å². The number of nitrogens with zero attached hydrogens (tertiary/aromatic N) is 2. The van der Waals surface area contributed by atoms with E-state index < -0.39 is 0 Å². The SMILES string of the molecule is Cc1ccc(OCCC(=O)NC(c2ccccc2)c2nc3ccccc3n2C)c(C)c1. The summed E-state index contributed by atoms with van der Waals surface area (Å²) in [7, 11) is 1.98. The van der Waals surface area contributed by atoms with Gasteiger partial charge < -0.3 is 14.6 Å². The number of carbonyl (C=O) groups excluding carboxylic acids is 1. The number of ether oxygens (including phenoxy) is 1. The Kier molecular flexibility index (Phi) is 6.03. The van der Waals surface area contributed by atoms with Crippen LogP contribution in [0.25, 0.3) is 11.0 Å².